The molecule has 2 aromatic carbocycles. The number of hydrogen-bond donors (Lipinski definition) is 1. The van der Waals surface area contributed by atoms with Crippen molar-refractivity contribution in [3.63, 3.8) is 0 Å². The Labute approximate surface area is 138 Å². The van der Waals surface area contributed by atoms with E-state index in [0.717, 1.165) is 0 Å². The minimum absolute atomic E-state index is 0.149. The molecule has 0 radical (unpaired) electrons. The molecule has 3 rings (SSSR count). The van der Waals surface area contributed by atoms with Gasteiger partial charge in [0.05, 0.1) is 5.69 Å². The number of para-hydroxylation sites is 1. The minimum Gasteiger partial charge on any atom is -0.321 e. The van der Waals surface area contributed by atoms with Crippen LogP contribution >= 0.6 is 11.6 Å². The lowest BCUT2D eigenvalue weighted by Crippen LogP contribution is -2.36. The van der Waals surface area contributed by atoms with Gasteiger partial charge < -0.3 is 5.32 Å². The Balaban J connectivity index is 1.82. The average molecular weight is 328 g/mol. The first-order valence-corrected chi connectivity index (χ1v) is 7.54. The summed E-state index contributed by atoms with van der Waals surface area (Å²) in [6.45, 7) is 0. The summed E-state index contributed by atoms with van der Waals surface area (Å²) in [4.78, 5) is 24.4. The zero-order chi connectivity index (χ0) is 16.2. The van der Waals surface area contributed by atoms with Crippen molar-refractivity contribution in [1.82, 2.24) is 0 Å². The van der Waals surface area contributed by atoms with Crippen molar-refractivity contribution in [3.8, 4) is 0 Å². The quantitative estimate of drug-likeness (QED) is 0.938. The van der Waals surface area contributed by atoms with Crippen LogP contribution in [0.3, 0.4) is 0 Å². The highest BCUT2D eigenvalue weighted by Gasteiger charge is 2.25. The number of nitrogens with one attached hydrogen (secondary N) is 1. The molecule has 0 saturated heterocycles. The normalized spacial score (nSPS) is 14.4. The number of anilines is 2. The monoisotopic (exact) mass is 327 g/mol. The van der Waals surface area contributed by atoms with E-state index in [1.54, 1.807) is 36.4 Å². The third kappa shape index (κ3) is 3.57. The fraction of sp³-hybridized carbons (Fsp3) is 0.118. The molecule has 0 bridgehead atoms. The van der Waals surface area contributed by atoms with Gasteiger partial charge in [-0.1, -0.05) is 29.8 Å². The predicted octanol–water partition coefficient (Wildman–Crippen LogP) is 3.46. The van der Waals surface area contributed by atoms with Crippen LogP contribution in [-0.4, -0.2) is 17.5 Å². The fourth-order valence-electron chi connectivity index (χ4n) is 2.23. The molecule has 116 valence electrons. The lowest BCUT2D eigenvalue weighted by molar-refractivity contribution is -0.118. The number of hydrazone groups is 1. The summed E-state index contributed by atoms with van der Waals surface area (Å²) in [5.41, 5.74) is 1.60. The molecule has 1 aliphatic rings. The molecule has 0 unspecified atom stereocenters. The van der Waals surface area contributed by atoms with Crippen molar-refractivity contribution in [3.05, 3.63) is 59.6 Å². The standard InChI is InChI=1S/C17H14ClN3O2/c18-12-6-8-14(9-7-12)21-16(22)11-10-15(20-21)17(23)19-13-4-2-1-3-5-13/h1-9H,10-11H2,(H,19,23). The molecule has 0 aliphatic carbocycles. The molecule has 1 N–H and O–H groups in total. The first kappa shape index (κ1) is 15.2. The third-order valence-electron chi connectivity index (χ3n) is 3.40. The zero-order valence-electron chi connectivity index (χ0n) is 12.2. The molecular weight excluding hydrogens is 314 g/mol. The van der Waals surface area contributed by atoms with Crippen molar-refractivity contribution in [1.29, 1.82) is 0 Å². The summed E-state index contributed by atoms with van der Waals surface area (Å²) in [5.74, 6) is -0.453. The van der Waals surface area contributed by atoms with E-state index in [9.17, 15) is 9.59 Å². The highest BCUT2D eigenvalue weighted by molar-refractivity contribution is 6.44. The van der Waals surface area contributed by atoms with Crippen molar-refractivity contribution < 1.29 is 9.59 Å². The Hall–Kier alpha value is -2.66. The van der Waals surface area contributed by atoms with Gasteiger partial charge in [0.1, 0.15) is 5.71 Å². The number of carbonyl (C=O) groups is 2. The van der Waals surface area contributed by atoms with E-state index in [2.05, 4.69) is 10.4 Å². The van der Waals surface area contributed by atoms with Gasteiger partial charge in [0.2, 0.25) is 5.91 Å². The van der Waals surface area contributed by atoms with E-state index < -0.39 is 0 Å². The Morgan fingerprint density at radius 2 is 1.74 bits per heavy atom. The predicted molar refractivity (Wildman–Crippen MR) is 90.7 cm³/mol. The molecule has 23 heavy (non-hydrogen) atoms. The summed E-state index contributed by atoms with van der Waals surface area (Å²) in [6, 6.07) is 15.9. The number of carbonyl (C=O) groups excluding carboxylic acids is 2. The summed E-state index contributed by atoms with van der Waals surface area (Å²) in [5, 5.41) is 8.81. The SMILES string of the molecule is O=C(Nc1ccccc1)C1=NN(c2ccc(Cl)cc2)C(=O)CC1. The molecule has 1 heterocycles. The Kier molecular flexibility index (Phi) is 4.39. The molecule has 1 aliphatic heterocycles. The van der Waals surface area contributed by atoms with Crippen LogP contribution in [0, 0.1) is 0 Å². The van der Waals surface area contributed by atoms with Gasteiger partial charge in [-0.2, -0.15) is 5.10 Å². The first-order chi connectivity index (χ1) is 11.1. The summed E-state index contributed by atoms with van der Waals surface area (Å²) in [7, 11) is 0. The highest BCUT2D eigenvalue weighted by atomic mass is 35.5. The smallest absolute Gasteiger partial charge is 0.271 e. The Morgan fingerprint density at radius 3 is 2.43 bits per heavy atom. The van der Waals surface area contributed by atoms with Gasteiger partial charge in [-0.05, 0) is 36.4 Å². The van der Waals surface area contributed by atoms with Crippen LogP contribution in [-0.2, 0) is 9.59 Å². The van der Waals surface area contributed by atoms with E-state index in [0.29, 0.717) is 28.5 Å². The number of halogens is 1. The average Bonchev–Trinajstić information content (AvgIpc) is 2.57. The maximum absolute atomic E-state index is 12.3. The molecule has 0 fully saturated rings. The second-order valence-electron chi connectivity index (χ2n) is 5.05. The third-order valence-corrected chi connectivity index (χ3v) is 3.65. The summed E-state index contributed by atoms with van der Waals surface area (Å²) < 4.78 is 0. The topological polar surface area (TPSA) is 61.8 Å². The van der Waals surface area contributed by atoms with Crippen LogP contribution in [0.15, 0.2) is 59.7 Å². The molecular formula is C17H14ClN3O2. The van der Waals surface area contributed by atoms with Gasteiger partial charge in [0, 0.05) is 23.6 Å². The number of amides is 2. The number of benzene rings is 2. The molecule has 0 aromatic heterocycles. The second kappa shape index (κ2) is 6.62. The van der Waals surface area contributed by atoms with Crippen LogP contribution in [0.4, 0.5) is 11.4 Å². The molecule has 0 atom stereocenters. The maximum Gasteiger partial charge on any atom is 0.271 e. The Morgan fingerprint density at radius 1 is 1.04 bits per heavy atom. The fourth-order valence-corrected chi connectivity index (χ4v) is 2.35. The van der Waals surface area contributed by atoms with E-state index in [4.69, 9.17) is 11.6 Å². The molecule has 6 heteroatoms. The molecule has 0 saturated carbocycles. The summed E-state index contributed by atoms with van der Waals surface area (Å²) in [6.07, 6.45) is 0.561. The van der Waals surface area contributed by atoms with E-state index in [-0.39, 0.29) is 18.2 Å². The van der Waals surface area contributed by atoms with E-state index in [1.165, 1.54) is 5.01 Å². The van der Waals surface area contributed by atoms with Gasteiger partial charge in [0.25, 0.3) is 5.91 Å². The Bertz CT molecular complexity index is 757. The lowest BCUT2D eigenvalue weighted by Gasteiger charge is -2.23. The van der Waals surface area contributed by atoms with Gasteiger partial charge in [-0.25, -0.2) is 5.01 Å². The van der Waals surface area contributed by atoms with Crippen molar-refractivity contribution in [2.75, 3.05) is 10.3 Å². The zero-order valence-corrected chi connectivity index (χ0v) is 13.0. The first-order valence-electron chi connectivity index (χ1n) is 7.16. The largest absolute Gasteiger partial charge is 0.321 e. The van der Waals surface area contributed by atoms with Gasteiger partial charge >= 0.3 is 0 Å². The van der Waals surface area contributed by atoms with Crippen LogP contribution in [0.25, 0.3) is 0 Å². The molecule has 2 aromatic rings. The lowest BCUT2D eigenvalue weighted by atomic mass is 10.1. The van der Waals surface area contributed by atoms with Gasteiger partial charge in [-0.3, -0.25) is 9.59 Å². The second-order valence-corrected chi connectivity index (χ2v) is 5.49. The molecule has 2 amide bonds. The van der Waals surface area contributed by atoms with Crippen LogP contribution in [0.5, 0.6) is 0 Å². The maximum atomic E-state index is 12.3. The number of rotatable bonds is 3. The highest BCUT2D eigenvalue weighted by Crippen LogP contribution is 2.22. The van der Waals surface area contributed by atoms with Crippen LogP contribution < -0.4 is 10.3 Å². The van der Waals surface area contributed by atoms with E-state index in [1.807, 2.05) is 18.2 Å². The van der Waals surface area contributed by atoms with Gasteiger partial charge in [-0.15, -0.1) is 0 Å². The van der Waals surface area contributed by atoms with Crippen molar-refractivity contribution >= 4 is 40.5 Å². The molecule has 0 spiro atoms. The van der Waals surface area contributed by atoms with E-state index >= 15 is 0 Å². The number of nitrogens with zero attached hydrogens (tertiary/aromatic N) is 2. The summed E-state index contributed by atoms with van der Waals surface area (Å²) >= 11 is 5.85. The van der Waals surface area contributed by atoms with Crippen molar-refractivity contribution in [2.24, 2.45) is 5.10 Å². The molecule has 5 nitrogen and oxygen atoms in total. The number of hydrogen-bond acceptors (Lipinski definition) is 3. The van der Waals surface area contributed by atoms with Crippen molar-refractivity contribution in [2.45, 2.75) is 12.8 Å². The van der Waals surface area contributed by atoms with Crippen LogP contribution in [0.1, 0.15) is 12.8 Å². The van der Waals surface area contributed by atoms with Gasteiger partial charge in [0.15, 0.2) is 0 Å². The minimum atomic E-state index is -0.303. The van der Waals surface area contributed by atoms with Crippen LogP contribution in [0.2, 0.25) is 5.02 Å².